The quantitative estimate of drug-likeness (QED) is 0.453. The molecule has 0 unspecified atom stereocenters. The van der Waals surface area contributed by atoms with E-state index < -0.39 is 0 Å². The zero-order chi connectivity index (χ0) is 24.5. The van der Waals surface area contributed by atoms with E-state index in [2.05, 4.69) is 44.8 Å². The van der Waals surface area contributed by atoms with E-state index in [0.717, 1.165) is 48.2 Å². The lowest BCUT2D eigenvalue weighted by Gasteiger charge is -2.65. The number of nitrogens with one attached hydrogen (secondary N) is 1. The molecule has 0 aliphatic heterocycles. The van der Waals surface area contributed by atoms with Crippen LogP contribution in [-0.4, -0.2) is 26.4 Å². The Morgan fingerprint density at radius 1 is 1.00 bits per heavy atom. The molecule has 4 heteroatoms. The monoisotopic (exact) mass is 481 g/mol. The van der Waals surface area contributed by atoms with Gasteiger partial charge in [-0.1, -0.05) is 47.5 Å². The van der Waals surface area contributed by atoms with Crippen molar-refractivity contribution >= 4 is 0 Å². The van der Waals surface area contributed by atoms with Crippen LogP contribution in [0.2, 0.25) is 0 Å². The number of aromatic amines is 1. The summed E-state index contributed by atoms with van der Waals surface area (Å²) in [6, 6.07) is 0. The summed E-state index contributed by atoms with van der Waals surface area (Å²) in [6.07, 6.45) is 15.4. The molecule has 11 atom stereocenters. The van der Waals surface area contributed by atoms with Crippen molar-refractivity contribution in [1.29, 1.82) is 0 Å². The normalized spacial score (nSPS) is 48.2. The molecule has 0 spiro atoms. The van der Waals surface area contributed by atoms with Crippen LogP contribution in [0.15, 0.2) is 0 Å². The smallest absolute Gasteiger partial charge is 0.153 e. The first-order valence-corrected chi connectivity index (χ1v) is 15.4. The molecule has 5 fully saturated rings. The Morgan fingerprint density at radius 3 is 2.49 bits per heavy atom. The van der Waals surface area contributed by atoms with Crippen molar-refractivity contribution in [3.05, 3.63) is 11.6 Å². The summed E-state index contributed by atoms with van der Waals surface area (Å²) < 4.78 is 0. The summed E-state index contributed by atoms with van der Waals surface area (Å²) in [7, 11) is 0. The van der Waals surface area contributed by atoms with Gasteiger partial charge in [-0.3, -0.25) is 5.10 Å². The summed E-state index contributed by atoms with van der Waals surface area (Å²) in [5.74, 6) is 8.32. The summed E-state index contributed by atoms with van der Waals surface area (Å²) in [5, 5.41) is 19.7. The molecule has 196 valence electrons. The number of fused-ring (bicyclic) bond motifs is 5. The molecular weight excluding hydrogens is 430 g/mol. The Hall–Kier alpha value is -0.900. The molecule has 6 rings (SSSR count). The van der Waals surface area contributed by atoms with Gasteiger partial charge in [-0.15, -0.1) is 0 Å². The van der Waals surface area contributed by atoms with Crippen LogP contribution < -0.4 is 0 Å². The van der Waals surface area contributed by atoms with Crippen molar-refractivity contribution in [2.75, 3.05) is 0 Å². The van der Waals surface area contributed by atoms with Gasteiger partial charge < -0.3 is 5.11 Å². The summed E-state index contributed by atoms with van der Waals surface area (Å²) in [6.45, 7) is 12.6. The van der Waals surface area contributed by atoms with Gasteiger partial charge in [0.2, 0.25) is 0 Å². The molecule has 1 aromatic rings. The topological polar surface area (TPSA) is 61.8 Å². The largest absolute Gasteiger partial charge is 0.393 e. The van der Waals surface area contributed by atoms with Gasteiger partial charge in [-0.05, 0) is 116 Å². The zero-order valence-electron chi connectivity index (χ0n) is 23.1. The molecule has 1 aromatic heterocycles. The van der Waals surface area contributed by atoms with Crippen molar-refractivity contribution in [1.82, 2.24) is 15.2 Å². The minimum absolute atomic E-state index is 0.0814. The second-order valence-corrected chi connectivity index (χ2v) is 14.5. The highest BCUT2D eigenvalue weighted by Crippen LogP contribution is 2.69. The second kappa shape index (κ2) is 8.84. The van der Waals surface area contributed by atoms with E-state index in [1.54, 1.807) is 0 Å². The van der Waals surface area contributed by atoms with Crippen LogP contribution >= 0.6 is 0 Å². The standard InChI is InChI=1S/C31H51N3O/c1-6-21-25-17-18(2)13-15-31(25,5)24-14-16-30(4)22(10-11-23(30)27(24)28(21)35)19(3)7-12-26-32-29(34-33-26)20-8-9-20/h18-25,27-28,35H,6-17H2,1-5H3,(H,32,33,34)/t18-,19-,21-,22-,23+,24+,25+,27+,28-,30-,31-/m1/s1. The molecule has 4 nitrogen and oxygen atoms in total. The third-order valence-electron chi connectivity index (χ3n) is 12.8. The fourth-order valence-electron chi connectivity index (χ4n) is 10.7. The average Bonchev–Trinajstić information content (AvgIpc) is 3.47. The Balaban J connectivity index is 1.19. The van der Waals surface area contributed by atoms with Crippen molar-refractivity contribution in [2.24, 2.45) is 58.2 Å². The van der Waals surface area contributed by atoms with E-state index in [4.69, 9.17) is 4.98 Å². The van der Waals surface area contributed by atoms with Crippen molar-refractivity contribution in [2.45, 2.75) is 124 Å². The third-order valence-corrected chi connectivity index (χ3v) is 12.8. The highest BCUT2D eigenvalue weighted by molar-refractivity contribution is 5.13. The van der Waals surface area contributed by atoms with E-state index in [9.17, 15) is 5.11 Å². The minimum Gasteiger partial charge on any atom is -0.393 e. The Kier molecular flexibility index (Phi) is 6.18. The van der Waals surface area contributed by atoms with Crippen molar-refractivity contribution in [3.63, 3.8) is 0 Å². The molecule has 5 saturated carbocycles. The van der Waals surface area contributed by atoms with E-state index in [1.165, 1.54) is 64.2 Å². The first kappa shape index (κ1) is 24.4. The summed E-state index contributed by atoms with van der Waals surface area (Å²) in [4.78, 5) is 4.80. The van der Waals surface area contributed by atoms with E-state index in [-0.39, 0.29) is 6.10 Å². The molecule has 0 amide bonds. The lowest BCUT2D eigenvalue weighted by molar-refractivity contribution is -0.198. The molecule has 1 heterocycles. The van der Waals surface area contributed by atoms with E-state index >= 15 is 0 Å². The van der Waals surface area contributed by atoms with Gasteiger partial charge in [0.1, 0.15) is 5.82 Å². The van der Waals surface area contributed by atoms with Crippen molar-refractivity contribution < 1.29 is 5.11 Å². The van der Waals surface area contributed by atoms with Crippen LogP contribution in [0.3, 0.4) is 0 Å². The molecule has 5 aliphatic carbocycles. The van der Waals surface area contributed by atoms with Crippen molar-refractivity contribution in [3.8, 4) is 0 Å². The molecule has 35 heavy (non-hydrogen) atoms. The Bertz CT molecular complexity index is 909. The van der Waals surface area contributed by atoms with Gasteiger partial charge in [0.05, 0.1) is 6.10 Å². The van der Waals surface area contributed by atoms with Crippen LogP contribution in [0.4, 0.5) is 0 Å². The number of hydrogen-bond donors (Lipinski definition) is 2. The van der Waals surface area contributed by atoms with Crippen LogP contribution in [0.5, 0.6) is 0 Å². The van der Waals surface area contributed by atoms with Gasteiger partial charge in [-0.25, -0.2) is 4.98 Å². The number of hydrogen-bond acceptors (Lipinski definition) is 3. The Labute approximate surface area is 213 Å². The number of nitrogens with zero attached hydrogens (tertiary/aromatic N) is 2. The Morgan fingerprint density at radius 2 is 1.74 bits per heavy atom. The average molecular weight is 482 g/mol. The van der Waals surface area contributed by atoms with Gasteiger partial charge >= 0.3 is 0 Å². The number of aliphatic hydroxyl groups is 1. The number of rotatable bonds is 6. The number of aliphatic hydroxyl groups excluding tert-OH is 1. The number of aromatic nitrogens is 3. The van der Waals surface area contributed by atoms with Gasteiger partial charge in [0, 0.05) is 12.3 Å². The molecule has 0 radical (unpaired) electrons. The first-order chi connectivity index (χ1) is 16.8. The van der Waals surface area contributed by atoms with E-state index in [0.29, 0.717) is 40.4 Å². The summed E-state index contributed by atoms with van der Waals surface area (Å²) in [5.41, 5.74) is 0.846. The summed E-state index contributed by atoms with van der Waals surface area (Å²) >= 11 is 0. The molecule has 5 aliphatic rings. The van der Waals surface area contributed by atoms with Crippen LogP contribution in [0.1, 0.15) is 123 Å². The molecular formula is C31H51N3O. The van der Waals surface area contributed by atoms with Crippen LogP contribution in [0.25, 0.3) is 0 Å². The molecule has 0 bridgehead atoms. The van der Waals surface area contributed by atoms with E-state index in [1.807, 2.05) is 0 Å². The van der Waals surface area contributed by atoms with Gasteiger partial charge in [-0.2, -0.15) is 5.10 Å². The second-order valence-electron chi connectivity index (χ2n) is 14.5. The molecule has 2 N–H and O–H groups in total. The fourth-order valence-corrected chi connectivity index (χ4v) is 10.7. The maximum Gasteiger partial charge on any atom is 0.153 e. The van der Waals surface area contributed by atoms with Crippen LogP contribution in [-0.2, 0) is 6.42 Å². The highest BCUT2D eigenvalue weighted by atomic mass is 16.3. The predicted octanol–water partition coefficient (Wildman–Crippen LogP) is 7.15. The maximum absolute atomic E-state index is 12.0. The maximum atomic E-state index is 12.0. The lowest BCUT2D eigenvalue weighted by atomic mass is 9.41. The highest BCUT2D eigenvalue weighted by Gasteiger charge is 2.64. The van der Waals surface area contributed by atoms with Gasteiger partial charge in [0.15, 0.2) is 5.82 Å². The first-order valence-electron chi connectivity index (χ1n) is 15.4. The zero-order valence-corrected chi connectivity index (χ0v) is 23.1. The SMILES string of the molecule is CC[C@H]1[C@@H](O)[C@@H]2[C@H](CC[C@]3(C)[C@@H]([C@H](C)CCc4nc(C5CC5)n[nH]4)CC[C@@H]23)[C@@]2(C)CC[C@@H](C)C[C@@H]12. The van der Waals surface area contributed by atoms with Gasteiger partial charge in [0.25, 0.3) is 0 Å². The predicted molar refractivity (Wildman–Crippen MR) is 141 cm³/mol. The molecule has 0 aromatic carbocycles. The molecule has 0 saturated heterocycles. The fraction of sp³-hybridized carbons (Fsp3) is 0.935. The number of aryl methyl sites for hydroxylation is 1. The lowest BCUT2D eigenvalue weighted by Crippen LogP contribution is -2.61. The minimum atomic E-state index is -0.0814. The third kappa shape index (κ3) is 3.86. The number of H-pyrrole nitrogens is 1. The van der Waals surface area contributed by atoms with Crippen LogP contribution in [0, 0.1) is 58.2 Å².